The lowest BCUT2D eigenvalue weighted by molar-refractivity contribution is -0.145. The monoisotopic (exact) mass is 268 g/mol. The Bertz CT molecular complexity index is 342. The molecule has 18 heavy (non-hydrogen) atoms. The average molecular weight is 268 g/mol. The van der Waals surface area contributed by atoms with Crippen molar-refractivity contribution in [2.75, 3.05) is 13.1 Å². The van der Waals surface area contributed by atoms with Crippen LogP contribution >= 0.6 is 12.2 Å². The van der Waals surface area contributed by atoms with Crippen molar-refractivity contribution in [3.8, 4) is 0 Å². The quantitative estimate of drug-likeness (QED) is 0.799. The Morgan fingerprint density at radius 2 is 1.94 bits per heavy atom. The number of nitrogens with two attached hydrogens (primary N) is 1. The zero-order valence-electron chi connectivity index (χ0n) is 11.4. The third-order valence-corrected chi connectivity index (χ3v) is 5.14. The molecule has 0 aromatic heterocycles. The lowest BCUT2D eigenvalue weighted by Crippen LogP contribution is -2.58. The van der Waals surface area contributed by atoms with Gasteiger partial charge in [-0.05, 0) is 37.5 Å². The molecule has 1 saturated heterocycles. The summed E-state index contributed by atoms with van der Waals surface area (Å²) >= 11 is 5.16. The third kappa shape index (κ3) is 2.27. The van der Waals surface area contributed by atoms with Crippen LogP contribution in [0.1, 0.15) is 46.0 Å². The Hall–Kier alpha value is -0.640. The molecule has 0 atom stereocenters. The standard InChI is InChI=1S/C14H24N2OS/c1-3-11-4-6-16(7-5-11)13(17)14(12(15)18)8-10(2)9-14/h10-11H,3-9H2,1-2H3,(H2,15,18). The number of hydrogen-bond donors (Lipinski definition) is 1. The Morgan fingerprint density at radius 1 is 1.39 bits per heavy atom. The van der Waals surface area contributed by atoms with Gasteiger partial charge in [-0.25, -0.2) is 0 Å². The van der Waals surface area contributed by atoms with E-state index in [2.05, 4.69) is 13.8 Å². The highest BCUT2D eigenvalue weighted by atomic mass is 32.1. The van der Waals surface area contributed by atoms with Gasteiger partial charge in [0.15, 0.2) is 0 Å². The summed E-state index contributed by atoms with van der Waals surface area (Å²) in [5, 5.41) is 0. The van der Waals surface area contributed by atoms with Crippen molar-refractivity contribution in [1.82, 2.24) is 4.90 Å². The molecule has 0 aromatic rings. The lowest BCUT2D eigenvalue weighted by Gasteiger charge is -2.47. The predicted octanol–water partition coefficient (Wildman–Crippen LogP) is 2.34. The molecule has 2 fully saturated rings. The van der Waals surface area contributed by atoms with Crippen LogP contribution in [0.2, 0.25) is 0 Å². The van der Waals surface area contributed by atoms with Crippen LogP contribution in [0, 0.1) is 17.3 Å². The topological polar surface area (TPSA) is 46.3 Å². The second-order valence-electron chi connectivity index (χ2n) is 6.10. The third-order valence-electron chi connectivity index (χ3n) is 4.75. The molecule has 4 heteroatoms. The van der Waals surface area contributed by atoms with Gasteiger partial charge in [0.25, 0.3) is 0 Å². The van der Waals surface area contributed by atoms with Gasteiger partial charge < -0.3 is 10.6 Å². The molecule has 2 aliphatic rings. The normalized spacial score (nSPS) is 33.0. The van der Waals surface area contributed by atoms with E-state index in [1.165, 1.54) is 6.42 Å². The molecule has 0 unspecified atom stereocenters. The van der Waals surface area contributed by atoms with Gasteiger partial charge in [0.1, 0.15) is 0 Å². The molecule has 1 aliphatic heterocycles. The molecular formula is C14H24N2OS. The van der Waals surface area contributed by atoms with E-state index in [4.69, 9.17) is 18.0 Å². The molecule has 2 rings (SSSR count). The van der Waals surface area contributed by atoms with Crippen molar-refractivity contribution in [2.45, 2.75) is 46.0 Å². The number of likely N-dealkylation sites (tertiary alicyclic amines) is 1. The highest BCUT2D eigenvalue weighted by molar-refractivity contribution is 7.80. The van der Waals surface area contributed by atoms with Crippen molar-refractivity contribution >= 4 is 23.1 Å². The molecule has 0 spiro atoms. The maximum Gasteiger partial charge on any atom is 0.235 e. The number of carbonyl (C=O) groups is 1. The van der Waals surface area contributed by atoms with Gasteiger partial charge in [0.2, 0.25) is 5.91 Å². The first-order chi connectivity index (χ1) is 8.49. The Labute approximate surface area is 115 Å². The largest absolute Gasteiger partial charge is 0.392 e. The van der Waals surface area contributed by atoms with Crippen molar-refractivity contribution in [3.63, 3.8) is 0 Å². The number of rotatable bonds is 3. The zero-order valence-corrected chi connectivity index (χ0v) is 12.3. The first kappa shape index (κ1) is 13.8. The summed E-state index contributed by atoms with van der Waals surface area (Å²) in [4.78, 5) is 15.0. The fraction of sp³-hybridized carbons (Fsp3) is 0.857. The van der Waals surface area contributed by atoms with Crippen molar-refractivity contribution in [2.24, 2.45) is 23.0 Å². The molecule has 3 nitrogen and oxygen atoms in total. The van der Waals surface area contributed by atoms with E-state index < -0.39 is 5.41 Å². The van der Waals surface area contributed by atoms with Crippen LogP contribution in [0.25, 0.3) is 0 Å². The van der Waals surface area contributed by atoms with E-state index >= 15 is 0 Å². The molecule has 0 aromatic carbocycles. The van der Waals surface area contributed by atoms with E-state index in [1.54, 1.807) is 0 Å². The van der Waals surface area contributed by atoms with Gasteiger partial charge >= 0.3 is 0 Å². The fourth-order valence-electron chi connectivity index (χ4n) is 3.46. The number of amides is 1. The summed E-state index contributed by atoms with van der Waals surface area (Å²) in [6.45, 7) is 6.16. The lowest BCUT2D eigenvalue weighted by atomic mass is 9.61. The summed E-state index contributed by atoms with van der Waals surface area (Å²) in [6, 6.07) is 0. The van der Waals surface area contributed by atoms with Crippen molar-refractivity contribution < 1.29 is 4.79 Å². The predicted molar refractivity (Wildman–Crippen MR) is 77.2 cm³/mol. The van der Waals surface area contributed by atoms with Crippen LogP contribution in [0.5, 0.6) is 0 Å². The molecule has 102 valence electrons. The molecule has 1 amide bonds. The fourth-order valence-corrected chi connectivity index (χ4v) is 3.71. The van der Waals surface area contributed by atoms with Crippen LogP contribution in [0.15, 0.2) is 0 Å². The molecule has 2 N–H and O–H groups in total. The Morgan fingerprint density at radius 3 is 2.33 bits per heavy atom. The van der Waals surface area contributed by atoms with E-state index in [0.29, 0.717) is 10.9 Å². The molecule has 0 bridgehead atoms. The Balaban J connectivity index is 2.01. The number of piperidine rings is 1. The smallest absolute Gasteiger partial charge is 0.235 e. The molecule has 1 heterocycles. The van der Waals surface area contributed by atoms with E-state index in [1.807, 2.05) is 4.90 Å². The van der Waals surface area contributed by atoms with Gasteiger partial charge in [0.05, 0.1) is 10.4 Å². The minimum absolute atomic E-state index is 0.197. The molecule has 1 aliphatic carbocycles. The van der Waals surface area contributed by atoms with Gasteiger partial charge in [-0.3, -0.25) is 4.79 Å². The molecule has 0 radical (unpaired) electrons. The second-order valence-corrected chi connectivity index (χ2v) is 6.54. The van der Waals surface area contributed by atoms with Crippen LogP contribution < -0.4 is 5.73 Å². The second kappa shape index (κ2) is 5.16. The van der Waals surface area contributed by atoms with Crippen LogP contribution in [-0.2, 0) is 4.79 Å². The maximum atomic E-state index is 12.6. The van der Waals surface area contributed by atoms with Gasteiger partial charge in [-0.1, -0.05) is 32.5 Å². The van der Waals surface area contributed by atoms with E-state index in [-0.39, 0.29) is 5.91 Å². The summed E-state index contributed by atoms with van der Waals surface area (Å²) in [5.41, 5.74) is 5.33. The minimum atomic E-state index is -0.506. The number of thiocarbonyl (C=S) groups is 1. The van der Waals surface area contributed by atoms with Gasteiger partial charge in [-0.2, -0.15) is 0 Å². The highest BCUT2D eigenvalue weighted by Gasteiger charge is 2.52. The van der Waals surface area contributed by atoms with Gasteiger partial charge in [-0.15, -0.1) is 0 Å². The summed E-state index contributed by atoms with van der Waals surface area (Å²) in [6.07, 6.45) is 5.17. The minimum Gasteiger partial charge on any atom is -0.392 e. The number of carbonyl (C=O) groups excluding carboxylic acids is 1. The highest BCUT2D eigenvalue weighted by Crippen LogP contribution is 2.47. The summed E-state index contributed by atoms with van der Waals surface area (Å²) in [5.74, 6) is 1.56. The average Bonchev–Trinajstić information content (AvgIpc) is 2.33. The summed E-state index contributed by atoms with van der Waals surface area (Å²) in [7, 11) is 0. The SMILES string of the molecule is CCC1CCN(C(=O)C2(C(N)=S)CC(C)C2)CC1. The Kier molecular flexibility index (Phi) is 3.95. The van der Waals surface area contributed by atoms with Crippen LogP contribution in [0.3, 0.4) is 0 Å². The first-order valence-electron chi connectivity index (χ1n) is 7.09. The zero-order chi connectivity index (χ0) is 13.3. The number of nitrogens with zero attached hydrogens (tertiary/aromatic N) is 1. The maximum absolute atomic E-state index is 12.6. The first-order valence-corrected chi connectivity index (χ1v) is 7.49. The van der Waals surface area contributed by atoms with Crippen molar-refractivity contribution in [3.05, 3.63) is 0 Å². The van der Waals surface area contributed by atoms with Gasteiger partial charge in [0, 0.05) is 13.1 Å². The van der Waals surface area contributed by atoms with Crippen LogP contribution in [-0.4, -0.2) is 28.9 Å². The van der Waals surface area contributed by atoms with E-state index in [0.717, 1.165) is 44.7 Å². The van der Waals surface area contributed by atoms with Crippen LogP contribution in [0.4, 0.5) is 0 Å². The van der Waals surface area contributed by atoms with E-state index in [9.17, 15) is 4.79 Å². The van der Waals surface area contributed by atoms with Crippen molar-refractivity contribution in [1.29, 1.82) is 0 Å². The molecular weight excluding hydrogens is 244 g/mol. The summed E-state index contributed by atoms with van der Waals surface area (Å²) < 4.78 is 0. The number of hydrogen-bond acceptors (Lipinski definition) is 2. The molecule has 1 saturated carbocycles.